The molecule has 6 heteroatoms. The largest absolute Gasteiger partial charge is 0.497 e. The molecule has 0 unspecified atom stereocenters. The van der Waals surface area contributed by atoms with Gasteiger partial charge in [0.2, 0.25) is 5.91 Å². The lowest BCUT2D eigenvalue weighted by Crippen LogP contribution is -2.32. The molecule has 2 aliphatic heterocycles. The Labute approximate surface area is 141 Å². The Balaban J connectivity index is 0.00000156. The lowest BCUT2D eigenvalue weighted by molar-refractivity contribution is -0.129. The van der Waals surface area contributed by atoms with Gasteiger partial charge in [0.05, 0.1) is 19.8 Å². The number of likely N-dealkylation sites (tertiary alicyclic amines) is 1. The summed E-state index contributed by atoms with van der Waals surface area (Å²) in [5.74, 6) is 2.23. The second kappa shape index (κ2) is 6.42. The Hall–Kier alpha value is -1.72. The average molecular weight is 337 g/mol. The number of benzene rings is 1. The first-order valence-electron chi connectivity index (χ1n) is 7.77. The maximum absolute atomic E-state index is 12.5. The van der Waals surface area contributed by atoms with Crippen LogP contribution in [0.3, 0.4) is 0 Å². The van der Waals surface area contributed by atoms with Crippen LogP contribution in [-0.4, -0.2) is 44.1 Å². The average Bonchev–Trinajstić information content (AvgIpc) is 3.20. The molecule has 2 aliphatic rings. The van der Waals surface area contributed by atoms with E-state index in [2.05, 4.69) is 5.32 Å². The lowest BCUT2D eigenvalue weighted by Gasteiger charge is -2.17. The second-order valence-electron chi connectivity index (χ2n) is 6.28. The fourth-order valence-electron chi connectivity index (χ4n) is 3.66. The Morgan fingerprint density at radius 3 is 2.78 bits per heavy atom. The van der Waals surface area contributed by atoms with Gasteiger partial charge >= 0.3 is 0 Å². The van der Waals surface area contributed by atoms with Crippen LogP contribution in [-0.2, 0) is 11.2 Å². The number of methoxy groups -OCH3 is 1. The van der Waals surface area contributed by atoms with Crippen molar-refractivity contribution in [2.75, 3.05) is 33.3 Å². The van der Waals surface area contributed by atoms with Crippen LogP contribution >= 0.6 is 12.4 Å². The van der Waals surface area contributed by atoms with E-state index in [1.807, 2.05) is 23.1 Å². The molecule has 0 radical (unpaired) electrons. The van der Waals surface area contributed by atoms with Crippen molar-refractivity contribution in [1.82, 2.24) is 10.2 Å². The molecule has 2 fully saturated rings. The van der Waals surface area contributed by atoms with E-state index in [0.717, 1.165) is 48.5 Å². The van der Waals surface area contributed by atoms with Gasteiger partial charge in [-0.2, -0.15) is 0 Å². The highest BCUT2D eigenvalue weighted by atomic mass is 35.5. The van der Waals surface area contributed by atoms with Crippen molar-refractivity contribution in [3.05, 3.63) is 30.0 Å². The van der Waals surface area contributed by atoms with E-state index in [-0.39, 0.29) is 18.3 Å². The highest BCUT2D eigenvalue weighted by Crippen LogP contribution is 2.29. The van der Waals surface area contributed by atoms with E-state index in [1.165, 1.54) is 0 Å². The summed E-state index contributed by atoms with van der Waals surface area (Å²) in [6.45, 7) is 3.87. The number of furan rings is 1. The number of ether oxygens (including phenoxy) is 1. The van der Waals surface area contributed by atoms with Gasteiger partial charge in [0.1, 0.15) is 11.3 Å². The van der Waals surface area contributed by atoms with Crippen LogP contribution in [0.2, 0.25) is 0 Å². The molecule has 0 spiro atoms. The Kier molecular flexibility index (Phi) is 4.50. The smallest absolute Gasteiger partial charge is 0.227 e. The third kappa shape index (κ3) is 2.91. The molecule has 1 aromatic heterocycles. The molecule has 3 heterocycles. The summed E-state index contributed by atoms with van der Waals surface area (Å²) in [5, 5.41) is 4.40. The maximum atomic E-state index is 12.5. The van der Waals surface area contributed by atoms with E-state index in [9.17, 15) is 4.79 Å². The summed E-state index contributed by atoms with van der Waals surface area (Å²) < 4.78 is 10.8. The predicted molar refractivity (Wildman–Crippen MR) is 90.1 cm³/mol. The number of nitrogens with zero attached hydrogens (tertiary/aromatic N) is 1. The lowest BCUT2D eigenvalue weighted by atomic mass is 10.0. The molecule has 4 rings (SSSR count). The van der Waals surface area contributed by atoms with Gasteiger partial charge in [-0.15, -0.1) is 12.4 Å². The zero-order valence-electron chi connectivity index (χ0n) is 13.1. The zero-order chi connectivity index (χ0) is 15.1. The number of hydrogen-bond donors (Lipinski definition) is 1. The predicted octanol–water partition coefficient (Wildman–Crippen LogP) is 2.08. The van der Waals surface area contributed by atoms with Gasteiger partial charge in [0.15, 0.2) is 0 Å². The zero-order valence-corrected chi connectivity index (χ0v) is 13.9. The molecule has 0 saturated carbocycles. The van der Waals surface area contributed by atoms with E-state index in [1.54, 1.807) is 13.4 Å². The summed E-state index contributed by atoms with van der Waals surface area (Å²) in [7, 11) is 1.63. The van der Waals surface area contributed by atoms with Crippen LogP contribution in [0, 0.1) is 11.8 Å². The van der Waals surface area contributed by atoms with Crippen molar-refractivity contribution < 1.29 is 13.9 Å². The van der Waals surface area contributed by atoms with Gasteiger partial charge in [0.25, 0.3) is 0 Å². The summed E-state index contributed by atoms with van der Waals surface area (Å²) in [6.07, 6.45) is 2.10. The maximum Gasteiger partial charge on any atom is 0.227 e. The van der Waals surface area contributed by atoms with Crippen LogP contribution in [0.15, 0.2) is 28.9 Å². The standard InChI is InChI=1S/C17H20N2O3.ClH/c1-21-14-2-3-15-11(10-22-16(15)5-14)4-17(20)19-8-12-6-18-7-13(12)9-19;/h2-3,5,10,12-13,18H,4,6-9H2,1H3;1H/t12-,13+;. The number of hydrogen-bond acceptors (Lipinski definition) is 4. The number of nitrogens with one attached hydrogen (secondary N) is 1. The normalized spacial score (nSPS) is 22.9. The molecule has 5 nitrogen and oxygen atoms in total. The minimum Gasteiger partial charge on any atom is -0.497 e. The Bertz CT molecular complexity index is 703. The fourth-order valence-corrected chi connectivity index (χ4v) is 3.66. The second-order valence-corrected chi connectivity index (χ2v) is 6.28. The van der Waals surface area contributed by atoms with Crippen molar-refractivity contribution in [2.45, 2.75) is 6.42 Å². The van der Waals surface area contributed by atoms with Gasteiger partial charge in [0, 0.05) is 43.2 Å². The number of carbonyl (C=O) groups is 1. The van der Waals surface area contributed by atoms with Crippen molar-refractivity contribution in [1.29, 1.82) is 0 Å². The molecule has 2 aromatic rings. The summed E-state index contributed by atoms with van der Waals surface area (Å²) in [4.78, 5) is 14.6. The monoisotopic (exact) mass is 336 g/mol. The Morgan fingerprint density at radius 1 is 1.35 bits per heavy atom. The molecule has 124 valence electrons. The topological polar surface area (TPSA) is 54.7 Å². The van der Waals surface area contributed by atoms with Crippen LogP contribution < -0.4 is 10.1 Å². The van der Waals surface area contributed by atoms with Crippen LogP contribution in [0.25, 0.3) is 11.0 Å². The summed E-state index contributed by atoms with van der Waals surface area (Å²) in [6, 6.07) is 5.72. The van der Waals surface area contributed by atoms with Gasteiger partial charge in [-0.05, 0) is 24.0 Å². The highest BCUT2D eigenvalue weighted by Gasteiger charge is 2.37. The quantitative estimate of drug-likeness (QED) is 0.932. The molecule has 2 atom stereocenters. The number of carbonyl (C=O) groups excluding carboxylic acids is 1. The molecule has 0 bridgehead atoms. The van der Waals surface area contributed by atoms with Gasteiger partial charge in [-0.1, -0.05) is 0 Å². The number of rotatable bonds is 3. The summed E-state index contributed by atoms with van der Waals surface area (Å²) in [5.41, 5.74) is 1.72. The van der Waals surface area contributed by atoms with Crippen LogP contribution in [0.4, 0.5) is 0 Å². The van der Waals surface area contributed by atoms with Crippen LogP contribution in [0.5, 0.6) is 5.75 Å². The third-order valence-electron chi connectivity index (χ3n) is 4.95. The molecule has 1 amide bonds. The fraction of sp³-hybridized carbons (Fsp3) is 0.471. The van der Waals surface area contributed by atoms with E-state index >= 15 is 0 Å². The SMILES string of the molecule is COc1ccc2c(CC(=O)N3C[C@H]4CNC[C@H]4C3)coc2c1.Cl. The first-order valence-corrected chi connectivity index (χ1v) is 7.77. The third-order valence-corrected chi connectivity index (χ3v) is 4.95. The molecule has 2 saturated heterocycles. The minimum atomic E-state index is 0. The number of halogens is 1. The number of amides is 1. The van der Waals surface area contributed by atoms with E-state index in [0.29, 0.717) is 18.3 Å². The van der Waals surface area contributed by atoms with E-state index < -0.39 is 0 Å². The first kappa shape index (κ1) is 16.1. The molecule has 1 N–H and O–H groups in total. The minimum absolute atomic E-state index is 0. The van der Waals surface area contributed by atoms with E-state index in [4.69, 9.17) is 9.15 Å². The highest BCUT2D eigenvalue weighted by molar-refractivity contribution is 5.88. The summed E-state index contributed by atoms with van der Waals surface area (Å²) >= 11 is 0. The molecule has 0 aliphatic carbocycles. The molecular weight excluding hydrogens is 316 g/mol. The Morgan fingerprint density at radius 2 is 2.09 bits per heavy atom. The van der Waals surface area contributed by atoms with Crippen molar-refractivity contribution in [3.8, 4) is 5.75 Å². The van der Waals surface area contributed by atoms with Gasteiger partial charge in [-0.3, -0.25) is 4.79 Å². The van der Waals surface area contributed by atoms with Gasteiger partial charge in [-0.25, -0.2) is 0 Å². The number of fused-ring (bicyclic) bond motifs is 2. The van der Waals surface area contributed by atoms with Gasteiger partial charge < -0.3 is 19.4 Å². The van der Waals surface area contributed by atoms with Crippen molar-refractivity contribution >= 4 is 29.3 Å². The molecule has 1 aromatic carbocycles. The molecular formula is C17H21ClN2O3. The first-order chi connectivity index (χ1) is 10.7. The van der Waals surface area contributed by atoms with Crippen molar-refractivity contribution in [3.63, 3.8) is 0 Å². The molecule has 23 heavy (non-hydrogen) atoms. The van der Waals surface area contributed by atoms with Crippen molar-refractivity contribution in [2.24, 2.45) is 11.8 Å². The van der Waals surface area contributed by atoms with Crippen LogP contribution in [0.1, 0.15) is 5.56 Å².